The van der Waals surface area contributed by atoms with Crippen LogP contribution in [0, 0.1) is 0 Å². The highest BCUT2D eigenvalue weighted by Crippen LogP contribution is 2.23. The summed E-state index contributed by atoms with van der Waals surface area (Å²) in [5.41, 5.74) is 0. The monoisotopic (exact) mass is 199 g/mol. The van der Waals surface area contributed by atoms with Gasteiger partial charge >= 0.3 is 6.18 Å². The van der Waals surface area contributed by atoms with Crippen molar-refractivity contribution in [3.63, 3.8) is 0 Å². The molecular formula is C8H16F3NO. The van der Waals surface area contributed by atoms with Gasteiger partial charge in [0, 0.05) is 13.7 Å². The minimum atomic E-state index is -4.15. The van der Waals surface area contributed by atoms with Crippen molar-refractivity contribution in [3.05, 3.63) is 0 Å². The van der Waals surface area contributed by atoms with Gasteiger partial charge in [0.1, 0.15) is 6.04 Å². The van der Waals surface area contributed by atoms with Gasteiger partial charge in [-0.05, 0) is 19.4 Å². The lowest BCUT2D eigenvalue weighted by Gasteiger charge is -2.20. The van der Waals surface area contributed by atoms with E-state index in [9.17, 15) is 13.2 Å². The van der Waals surface area contributed by atoms with E-state index < -0.39 is 12.2 Å². The van der Waals surface area contributed by atoms with Crippen LogP contribution in [0.25, 0.3) is 0 Å². The van der Waals surface area contributed by atoms with Crippen LogP contribution in [0.15, 0.2) is 0 Å². The van der Waals surface area contributed by atoms with E-state index in [0.29, 0.717) is 19.6 Å². The van der Waals surface area contributed by atoms with Crippen LogP contribution in [0.2, 0.25) is 0 Å². The van der Waals surface area contributed by atoms with Crippen LogP contribution in [0.4, 0.5) is 13.2 Å². The maximum absolute atomic E-state index is 12.2. The first-order valence-electron chi connectivity index (χ1n) is 4.31. The molecule has 0 rings (SSSR count). The Morgan fingerprint density at radius 2 is 2.00 bits per heavy atom. The normalized spacial score (nSPS) is 14.5. The van der Waals surface area contributed by atoms with Gasteiger partial charge in [0.05, 0.1) is 0 Å². The molecule has 13 heavy (non-hydrogen) atoms. The van der Waals surface area contributed by atoms with Crippen LogP contribution in [0.3, 0.4) is 0 Å². The Kier molecular flexibility index (Phi) is 6.07. The summed E-state index contributed by atoms with van der Waals surface area (Å²) < 4.78 is 41.4. The van der Waals surface area contributed by atoms with Crippen molar-refractivity contribution in [3.8, 4) is 0 Å². The molecule has 0 aliphatic carbocycles. The molecule has 0 heterocycles. The Morgan fingerprint density at radius 3 is 2.38 bits per heavy atom. The predicted octanol–water partition coefficient (Wildman–Crippen LogP) is 1.95. The third-order valence-electron chi connectivity index (χ3n) is 1.69. The van der Waals surface area contributed by atoms with Crippen molar-refractivity contribution in [1.82, 2.24) is 5.32 Å². The summed E-state index contributed by atoms with van der Waals surface area (Å²) in [5.74, 6) is 0. The smallest absolute Gasteiger partial charge is 0.385 e. The second kappa shape index (κ2) is 6.21. The van der Waals surface area contributed by atoms with Crippen molar-refractivity contribution in [2.45, 2.75) is 32.0 Å². The summed E-state index contributed by atoms with van der Waals surface area (Å²) in [5, 5.41) is 2.40. The Labute approximate surface area is 76.5 Å². The Hall–Kier alpha value is -0.290. The molecule has 1 N–H and O–H groups in total. The molecule has 0 spiro atoms. The van der Waals surface area contributed by atoms with Crippen molar-refractivity contribution in [2.75, 3.05) is 20.3 Å². The first kappa shape index (κ1) is 12.7. The molecule has 1 atom stereocenters. The van der Waals surface area contributed by atoms with E-state index in [1.54, 1.807) is 6.92 Å². The van der Waals surface area contributed by atoms with Crippen molar-refractivity contribution in [2.24, 2.45) is 0 Å². The highest BCUT2D eigenvalue weighted by molar-refractivity contribution is 4.74. The lowest BCUT2D eigenvalue weighted by molar-refractivity contribution is -0.157. The maximum Gasteiger partial charge on any atom is 0.403 e. The molecule has 0 radical (unpaired) electrons. The summed E-state index contributed by atoms with van der Waals surface area (Å²) >= 11 is 0. The van der Waals surface area contributed by atoms with Gasteiger partial charge in [-0.2, -0.15) is 13.2 Å². The molecule has 0 amide bonds. The van der Waals surface area contributed by atoms with Crippen molar-refractivity contribution in [1.29, 1.82) is 0 Å². The van der Waals surface area contributed by atoms with Crippen LogP contribution in [-0.4, -0.2) is 32.5 Å². The second-order valence-electron chi connectivity index (χ2n) is 2.79. The zero-order valence-electron chi connectivity index (χ0n) is 7.95. The highest BCUT2D eigenvalue weighted by atomic mass is 19.4. The highest BCUT2D eigenvalue weighted by Gasteiger charge is 2.38. The van der Waals surface area contributed by atoms with Crippen LogP contribution >= 0.6 is 0 Å². The number of alkyl halides is 3. The van der Waals surface area contributed by atoms with E-state index >= 15 is 0 Å². The van der Waals surface area contributed by atoms with Gasteiger partial charge in [-0.25, -0.2) is 0 Å². The summed E-state index contributed by atoms with van der Waals surface area (Å²) in [6, 6.07) is -1.40. The number of hydrogen-bond acceptors (Lipinski definition) is 2. The van der Waals surface area contributed by atoms with Gasteiger partial charge in [0.2, 0.25) is 0 Å². The number of hydrogen-bond donors (Lipinski definition) is 1. The SMILES string of the molecule is CCNC(CCCOC)C(F)(F)F. The zero-order valence-corrected chi connectivity index (χ0v) is 7.95. The van der Waals surface area contributed by atoms with Gasteiger partial charge in [-0.1, -0.05) is 6.92 Å². The number of rotatable bonds is 6. The molecule has 0 saturated carbocycles. The molecule has 0 aromatic carbocycles. The Balaban J connectivity index is 3.81. The van der Waals surface area contributed by atoms with Gasteiger partial charge in [-0.15, -0.1) is 0 Å². The van der Waals surface area contributed by atoms with Crippen LogP contribution < -0.4 is 5.32 Å². The van der Waals surface area contributed by atoms with Gasteiger partial charge in [0.25, 0.3) is 0 Å². The second-order valence-corrected chi connectivity index (χ2v) is 2.79. The average molecular weight is 199 g/mol. The topological polar surface area (TPSA) is 21.3 Å². The van der Waals surface area contributed by atoms with E-state index in [1.807, 2.05) is 0 Å². The zero-order chi connectivity index (χ0) is 10.3. The van der Waals surface area contributed by atoms with Crippen molar-refractivity contribution < 1.29 is 17.9 Å². The minimum Gasteiger partial charge on any atom is -0.385 e. The van der Waals surface area contributed by atoms with E-state index in [-0.39, 0.29) is 6.42 Å². The minimum absolute atomic E-state index is 0.0746. The molecule has 0 bridgehead atoms. The van der Waals surface area contributed by atoms with Crippen molar-refractivity contribution >= 4 is 0 Å². The molecule has 0 aliphatic heterocycles. The van der Waals surface area contributed by atoms with Gasteiger partial charge in [-0.3, -0.25) is 0 Å². The van der Waals surface area contributed by atoms with Gasteiger partial charge in [0.15, 0.2) is 0 Å². The quantitative estimate of drug-likeness (QED) is 0.660. The number of nitrogens with one attached hydrogen (secondary N) is 1. The van der Waals surface area contributed by atoms with Gasteiger partial charge < -0.3 is 10.1 Å². The molecule has 1 unspecified atom stereocenters. The molecule has 80 valence electrons. The molecule has 0 fully saturated rings. The lowest BCUT2D eigenvalue weighted by Crippen LogP contribution is -2.42. The van der Waals surface area contributed by atoms with E-state index in [0.717, 1.165) is 0 Å². The first-order chi connectivity index (χ1) is 6.02. The molecule has 0 aliphatic rings. The van der Waals surface area contributed by atoms with E-state index in [4.69, 9.17) is 0 Å². The molecule has 0 aromatic heterocycles. The predicted molar refractivity (Wildman–Crippen MR) is 44.6 cm³/mol. The average Bonchev–Trinajstić information content (AvgIpc) is 2.01. The molecule has 0 saturated heterocycles. The van der Waals surface area contributed by atoms with Crippen LogP contribution in [0.1, 0.15) is 19.8 Å². The summed E-state index contributed by atoms with van der Waals surface area (Å²) in [7, 11) is 1.48. The summed E-state index contributed by atoms with van der Waals surface area (Å²) in [4.78, 5) is 0. The summed E-state index contributed by atoms with van der Waals surface area (Å²) in [6.45, 7) is 2.37. The summed E-state index contributed by atoms with van der Waals surface area (Å²) in [6.07, 6.45) is -3.65. The van der Waals surface area contributed by atoms with Crippen LogP contribution in [-0.2, 0) is 4.74 Å². The standard InChI is InChI=1S/C8H16F3NO/c1-3-12-7(8(9,10)11)5-4-6-13-2/h7,12H,3-6H2,1-2H3. The number of methoxy groups -OCH3 is 1. The largest absolute Gasteiger partial charge is 0.403 e. The fourth-order valence-electron chi connectivity index (χ4n) is 1.06. The van der Waals surface area contributed by atoms with E-state index in [1.165, 1.54) is 7.11 Å². The first-order valence-corrected chi connectivity index (χ1v) is 4.31. The number of ether oxygens (including phenoxy) is 1. The Morgan fingerprint density at radius 1 is 1.38 bits per heavy atom. The molecule has 5 heteroatoms. The lowest BCUT2D eigenvalue weighted by atomic mass is 10.1. The fourth-order valence-corrected chi connectivity index (χ4v) is 1.06. The molecule has 2 nitrogen and oxygen atoms in total. The third kappa shape index (κ3) is 5.87. The Bertz CT molecular complexity index is 127. The third-order valence-corrected chi connectivity index (χ3v) is 1.69. The van der Waals surface area contributed by atoms with E-state index in [2.05, 4.69) is 10.1 Å². The maximum atomic E-state index is 12.2. The van der Waals surface area contributed by atoms with Crippen LogP contribution in [0.5, 0.6) is 0 Å². The number of halogens is 3. The fraction of sp³-hybridized carbons (Fsp3) is 1.00. The molecule has 0 aromatic rings. The molecular weight excluding hydrogens is 183 g/mol.